The van der Waals surface area contributed by atoms with Crippen LogP contribution in [0.3, 0.4) is 0 Å². The second kappa shape index (κ2) is 7.28. The van der Waals surface area contributed by atoms with E-state index in [4.69, 9.17) is 5.73 Å². The Kier molecular flexibility index (Phi) is 5.62. The molecule has 12 heteroatoms. The van der Waals surface area contributed by atoms with Gasteiger partial charge in [-0.25, -0.2) is 23.5 Å². The highest BCUT2D eigenvalue weighted by Crippen LogP contribution is 2.35. The van der Waals surface area contributed by atoms with E-state index in [1.54, 1.807) is 0 Å². The van der Waals surface area contributed by atoms with Crippen LogP contribution in [0.5, 0.6) is 0 Å². The van der Waals surface area contributed by atoms with Gasteiger partial charge < -0.3 is 21.1 Å². The lowest BCUT2D eigenvalue weighted by molar-refractivity contribution is -0.129. The number of alkyl halides is 2. The van der Waals surface area contributed by atoms with Crippen LogP contribution in [-0.2, 0) is 10.7 Å². The summed E-state index contributed by atoms with van der Waals surface area (Å²) in [5.41, 5.74) is 3.14. The number of carboxylic acids is 1. The maximum Gasteiger partial charge on any atom is 0.358 e. The number of anilines is 1. The zero-order valence-electron chi connectivity index (χ0n) is 15.1. The number of hydrogen-bond acceptors (Lipinski definition) is 6. The van der Waals surface area contributed by atoms with Gasteiger partial charge in [0.25, 0.3) is 6.43 Å². The Labute approximate surface area is 156 Å². The average Bonchev–Trinajstić information content (AvgIpc) is 2.59. The van der Waals surface area contributed by atoms with E-state index >= 15 is 0 Å². The van der Waals surface area contributed by atoms with Gasteiger partial charge in [-0.05, 0) is 11.6 Å². The number of aliphatic hydroxyl groups is 2. The standard InChI is InChI=1S/C15H18B3F2N3O4/c16-15(17,18)8-2-1-6(14(27,5-24)13(19)20)3-7(8)9-4-22-11(21)10(23-9)12(25)26/h1-4,13,24,27H,5,16-18H2,(H2,21,22)(H,25,26). The zero-order chi connectivity index (χ0) is 20.6. The number of carboxylic acid groups (broad SMARTS) is 1. The van der Waals surface area contributed by atoms with Gasteiger partial charge in [-0.2, -0.15) is 0 Å². The summed E-state index contributed by atoms with van der Waals surface area (Å²) in [7, 11) is 5.62. The number of nitrogen functional groups attached to an aromatic ring is 1. The molecule has 1 atom stereocenters. The quantitative estimate of drug-likeness (QED) is 0.425. The topological polar surface area (TPSA) is 130 Å². The summed E-state index contributed by atoms with van der Waals surface area (Å²) in [6.07, 6.45) is -2.00. The van der Waals surface area contributed by atoms with Crippen LogP contribution in [0.15, 0.2) is 24.4 Å². The van der Waals surface area contributed by atoms with Crippen LogP contribution in [0, 0.1) is 0 Å². The third kappa shape index (κ3) is 3.96. The van der Waals surface area contributed by atoms with E-state index < -0.39 is 35.4 Å². The molecule has 2 rings (SSSR count). The molecule has 140 valence electrons. The van der Waals surface area contributed by atoms with E-state index in [2.05, 4.69) is 9.97 Å². The molecule has 0 spiro atoms. The van der Waals surface area contributed by atoms with Crippen molar-refractivity contribution in [3.05, 3.63) is 41.2 Å². The molecule has 7 nitrogen and oxygen atoms in total. The van der Waals surface area contributed by atoms with Gasteiger partial charge in [-0.3, -0.25) is 0 Å². The minimum Gasteiger partial charge on any atom is -0.476 e. The number of hydrogen-bond donors (Lipinski definition) is 4. The summed E-state index contributed by atoms with van der Waals surface area (Å²) < 4.78 is 26.7. The number of nitrogens with zero attached hydrogens (tertiary/aromatic N) is 2. The number of aromatic nitrogens is 2. The second-order valence-electron chi connectivity index (χ2n) is 7.19. The Hall–Kier alpha value is -2.46. The molecule has 1 unspecified atom stereocenters. The van der Waals surface area contributed by atoms with Crippen molar-refractivity contribution < 1.29 is 28.9 Å². The van der Waals surface area contributed by atoms with Crippen molar-refractivity contribution in [3.8, 4) is 11.3 Å². The summed E-state index contributed by atoms with van der Waals surface area (Å²) >= 11 is 0. The Morgan fingerprint density at radius 1 is 1.30 bits per heavy atom. The van der Waals surface area contributed by atoms with E-state index in [1.165, 1.54) is 24.4 Å². The summed E-state index contributed by atoms with van der Waals surface area (Å²) in [4.78, 5) is 19.1. The largest absolute Gasteiger partial charge is 0.476 e. The minimum absolute atomic E-state index is 0.0999. The molecule has 0 saturated carbocycles. The van der Waals surface area contributed by atoms with Crippen LogP contribution in [0.4, 0.5) is 14.6 Å². The van der Waals surface area contributed by atoms with Gasteiger partial charge in [0.1, 0.15) is 0 Å². The Morgan fingerprint density at radius 2 is 1.93 bits per heavy atom. The third-order valence-corrected chi connectivity index (χ3v) is 4.21. The highest BCUT2D eigenvalue weighted by atomic mass is 19.3. The van der Waals surface area contributed by atoms with Crippen molar-refractivity contribution in [2.45, 2.75) is 17.1 Å². The summed E-state index contributed by atoms with van der Waals surface area (Å²) in [5.74, 6) is -1.66. The lowest BCUT2D eigenvalue weighted by Gasteiger charge is -2.29. The molecule has 2 aromatic rings. The van der Waals surface area contributed by atoms with Crippen LogP contribution >= 0.6 is 0 Å². The molecule has 1 heterocycles. The Balaban J connectivity index is 2.78. The van der Waals surface area contributed by atoms with Crippen molar-refractivity contribution in [2.24, 2.45) is 0 Å². The Morgan fingerprint density at radius 3 is 2.41 bits per heavy atom. The van der Waals surface area contributed by atoms with E-state index in [0.717, 1.165) is 0 Å². The average molecular weight is 375 g/mol. The fraction of sp³-hybridized carbons (Fsp3) is 0.267. The van der Waals surface area contributed by atoms with Gasteiger partial charge >= 0.3 is 5.97 Å². The van der Waals surface area contributed by atoms with Crippen molar-refractivity contribution >= 4 is 35.3 Å². The molecule has 0 saturated heterocycles. The molecule has 0 aliphatic heterocycles. The number of benzene rings is 1. The van der Waals surface area contributed by atoms with Crippen LogP contribution in [0.25, 0.3) is 11.3 Å². The second-order valence-corrected chi connectivity index (χ2v) is 7.19. The first-order valence-corrected chi connectivity index (χ1v) is 8.04. The predicted molar refractivity (Wildman–Crippen MR) is 103 cm³/mol. The molecule has 0 amide bonds. The molecule has 27 heavy (non-hydrogen) atoms. The highest BCUT2D eigenvalue weighted by molar-refractivity contribution is 6.59. The number of carbonyl (C=O) groups is 1. The minimum atomic E-state index is -3.23. The number of rotatable bonds is 6. The summed E-state index contributed by atoms with van der Waals surface area (Å²) in [5, 5.41) is 28.2. The van der Waals surface area contributed by atoms with Crippen LogP contribution in [0.2, 0.25) is 0 Å². The van der Waals surface area contributed by atoms with Gasteiger partial charge in [-0.1, -0.05) is 22.8 Å². The molecule has 1 aromatic heterocycles. The first-order chi connectivity index (χ1) is 12.4. The van der Waals surface area contributed by atoms with E-state index in [0.29, 0.717) is 11.1 Å². The number of aromatic carboxylic acids is 1. The number of aliphatic hydroxyl groups excluding tert-OH is 1. The van der Waals surface area contributed by atoms with Gasteiger partial charge in [0.05, 0.1) is 42.0 Å². The molecule has 5 N–H and O–H groups in total. The molecule has 0 aliphatic rings. The predicted octanol–water partition coefficient (Wildman–Crippen LogP) is -2.12. The van der Waals surface area contributed by atoms with Gasteiger partial charge in [0.2, 0.25) is 0 Å². The number of nitrogens with two attached hydrogens (primary N) is 1. The van der Waals surface area contributed by atoms with Crippen molar-refractivity contribution in [1.29, 1.82) is 0 Å². The van der Waals surface area contributed by atoms with E-state index in [-0.39, 0.29) is 17.1 Å². The third-order valence-electron chi connectivity index (χ3n) is 4.21. The molecular weight excluding hydrogens is 357 g/mol. The van der Waals surface area contributed by atoms with Gasteiger partial charge in [-0.15, -0.1) is 0 Å². The smallest absolute Gasteiger partial charge is 0.358 e. The molecule has 1 aromatic carbocycles. The maximum absolute atomic E-state index is 13.3. The lowest BCUT2D eigenvalue weighted by atomic mass is 9.39. The van der Waals surface area contributed by atoms with Crippen LogP contribution in [0.1, 0.15) is 21.6 Å². The zero-order valence-corrected chi connectivity index (χ0v) is 15.1. The van der Waals surface area contributed by atoms with Crippen LogP contribution < -0.4 is 5.73 Å². The SMILES string of the molecule is BC(B)(B)c1ccc(C(O)(CO)C(F)F)cc1-c1cnc(N)c(C(=O)O)n1. The van der Waals surface area contributed by atoms with Crippen LogP contribution in [-0.4, -0.2) is 67.8 Å². The first-order valence-electron chi connectivity index (χ1n) is 8.04. The highest BCUT2D eigenvalue weighted by Gasteiger charge is 2.40. The van der Waals surface area contributed by atoms with E-state index in [1.807, 2.05) is 23.5 Å². The molecule has 0 aliphatic carbocycles. The molecule has 0 bridgehead atoms. The normalized spacial score (nSPS) is 14.1. The Bertz CT molecular complexity index is 880. The first kappa shape index (κ1) is 20.9. The monoisotopic (exact) mass is 375 g/mol. The van der Waals surface area contributed by atoms with Crippen molar-refractivity contribution in [1.82, 2.24) is 9.97 Å². The lowest BCUT2D eigenvalue weighted by Crippen LogP contribution is -2.38. The van der Waals surface area contributed by atoms with E-state index in [9.17, 15) is 28.9 Å². The van der Waals surface area contributed by atoms with Crippen molar-refractivity contribution in [2.75, 3.05) is 12.3 Å². The van der Waals surface area contributed by atoms with Gasteiger partial charge in [0, 0.05) is 5.56 Å². The fourth-order valence-electron chi connectivity index (χ4n) is 2.65. The fourth-order valence-corrected chi connectivity index (χ4v) is 2.65. The molecular formula is C15H18B3F2N3O4. The molecule has 0 fully saturated rings. The summed E-state index contributed by atoms with van der Waals surface area (Å²) in [6.45, 7) is -1.19. The maximum atomic E-state index is 13.3. The summed E-state index contributed by atoms with van der Waals surface area (Å²) in [6, 6.07) is 4.09. The van der Waals surface area contributed by atoms with Gasteiger partial charge in [0.15, 0.2) is 17.1 Å². The van der Waals surface area contributed by atoms with Crippen molar-refractivity contribution in [3.63, 3.8) is 0 Å². The molecule has 0 radical (unpaired) electrons. The number of halogens is 2.